The number of benzene rings is 2. The minimum absolute atomic E-state index is 0.237. The fraction of sp³-hybridized carbons (Fsp3) is 0.263. The zero-order chi connectivity index (χ0) is 18.1. The minimum atomic E-state index is -0.275. The predicted molar refractivity (Wildman–Crippen MR) is 104 cm³/mol. The highest BCUT2D eigenvalue weighted by molar-refractivity contribution is 7.80. The number of hydrogen-bond donors (Lipinski definition) is 2. The van der Waals surface area contributed by atoms with Gasteiger partial charge < -0.3 is 14.8 Å². The van der Waals surface area contributed by atoms with E-state index < -0.39 is 0 Å². The quantitative estimate of drug-likeness (QED) is 0.733. The first kappa shape index (κ1) is 18.7. The van der Waals surface area contributed by atoms with Crippen LogP contribution < -0.4 is 20.1 Å². The molecule has 0 aliphatic rings. The van der Waals surface area contributed by atoms with E-state index in [2.05, 4.69) is 17.6 Å². The molecule has 0 radical (unpaired) electrons. The summed E-state index contributed by atoms with van der Waals surface area (Å²) in [6.45, 7) is 5.24. The zero-order valence-electron chi connectivity index (χ0n) is 14.4. The van der Waals surface area contributed by atoms with Gasteiger partial charge in [0.2, 0.25) is 0 Å². The summed E-state index contributed by atoms with van der Waals surface area (Å²) in [6, 6.07) is 14.3. The number of rotatable bonds is 7. The molecule has 25 heavy (non-hydrogen) atoms. The van der Waals surface area contributed by atoms with E-state index in [-0.39, 0.29) is 11.0 Å². The smallest absolute Gasteiger partial charge is 0.257 e. The summed E-state index contributed by atoms with van der Waals surface area (Å²) < 4.78 is 10.9. The molecule has 2 N–H and O–H groups in total. The summed E-state index contributed by atoms with van der Waals surface area (Å²) >= 11 is 5.18. The second kappa shape index (κ2) is 9.64. The Bertz CT molecular complexity index is 700. The highest BCUT2D eigenvalue weighted by atomic mass is 32.1. The van der Waals surface area contributed by atoms with E-state index in [4.69, 9.17) is 21.7 Å². The van der Waals surface area contributed by atoms with Gasteiger partial charge in [-0.3, -0.25) is 10.1 Å². The van der Waals surface area contributed by atoms with Crippen molar-refractivity contribution in [2.75, 3.05) is 18.5 Å². The van der Waals surface area contributed by atoms with Gasteiger partial charge in [0, 0.05) is 11.3 Å². The number of hydrogen-bond acceptors (Lipinski definition) is 4. The van der Waals surface area contributed by atoms with E-state index in [9.17, 15) is 4.79 Å². The molecule has 0 saturated heterocycles. The fourth-order valence-corrected chi connectivity index (χ4v) is 2.27. The number of nitrogens with one attached hydrogen (secondary N) is 2. The first-order chi connectivity index (χ1) is 12.1. The molecule has 132 valence electrons. The molecule has 2 aromatic carbocycles. The molecule has 0 saturated carbocycles. The third-order valence-corrected chi connectivity index (χ3v) is 3.44. The second-order valence-corrected chi connectivity index (χ2v) is 5.65. The van der Waals surface area contributed by atoms with Crippen LogP contribution in [0.1, 0.15) is 30.6 Å². The lowest BCUT2D eigenvalue weighted by Crippen LogP contribution is -2.34. The summed E-state index contributed by atoms with van der Waals surface area (Å²) in [5.74, 6) is 1.25. The maximum atomic E-state index is 12.2. The van der Waals surface area contributed by atoms with Crippen LogP contribution in [0.4, 0.5) is 5.69 Å². The number of carbonyl (C=O) groups is 1. The standard InChI is InChI=1S/C19H22N2O3S/c1-3-13-24-17-11-7-15(8-12-17)20-19(25)21-18(22)14-5-9-16(10-6-14)23-4-2/h5-12H,3-4,13H2,1-2H3,(H2,20,21,22,25). The number of carbonyl (C=O) groups excluding carboxylic acids is 1. The highest BCUT2D eigenvalue weighted by Gasteiger charge is 2.08. The van der Waals surface area contributed by atoms with Gasteiger partial charge in [-0.15, -0.1) is 0 Å². The van der Waals surface area contributed by atoms with E-state index in [0.717, 1.165) is 23.6 Å². The third-order valence-electron chi connectivity index (χ3n) is 3.24. The molecule has 0 heterocycles. The second-order valence-electron chi connectivity index (χ2n) is 5.24. The Hall–Kier alpha value is -2.60. The Balaban J connectivity index is 1.87. The van der Waals surface area contributed by atoms with Crippen LogP contribution >= 0.6 is 12.2 Å². The molecule has 2 aromatic rings. The van der Waals surface area contributed by atoms with Crippen molar-refractivity contribution < 1.29 is 14.3 Å². The van der Waals surface area contributed by atoms with Crippen molar-refractivity contribution in [1.82, 2.24) is 5.32 Å². The average Bonchev–Trinajstić information content (AvgIpc) is 2.62. The summed E-state index contributed by atoms with van der Waals surface area (Å²) in [4.78, 5) is 12.2. The zero-order valence-corrected chi connectivity index (χ0v) is 15.2. The van der Waals surface area contributed by atoms with Crippen LogP contribution in [0.15, 0.2) is 48.5 Å². The Labute approximate surface area is 153 Å². The van der Waals surface area contributed by atoms with E-state index in [1.807, 2.05) is 31.2 Å². The first-order valence-electron chi connectivity index (χ1n) is 8.20. The van der Waals surface area contributed by atoms with Gasteiger partial charge in [0.15, 0.2) is 5.11 Å². The lowest BCUT2D eigenvalue weighted by Gasteiger charge is -2.11. The molecule has 0 aromatic heterocycles. The van der Waals surface area contributed by atoms with Gasteiger partial charge in [0.1, 0.15) is 11.5 Å². The molecule has 0 fully saturated rings. The molecule has 0 aliphatic heterocycles. The first-order valence-corrected chi connectivity index (χ1v) is 8.61. The maximum absolute atomic E-state index is 12.2. The number of anilines is 1. The SMILES string of the molecule is CCCOc1ccc(NC(=S)NC(=O)c2ccc(OCC)cc2)cc1. The Morgan fingerprint density at radius 2 is 1.56 bits per heavy atom. The molecule has 5 nitrogen and oxygen atoms in total. The van der Waals surface area contributed by atoms with E-state index in [1.165, 1.54) is 0 Å². The molecule has 0 bridgehead atoms. The highest BCUT2D eigenvalue weighted by Crippen LogP contribution is 2.16. The van der Waals surface area contributed by atoms with Crippen molar-refractivity contribution in [1.29, 1.82) is 0 Å². The largest absolute Gasteiger partial charge is 0.494 e. The van der Waals surface area contributed by atoms with E-state index in [0.29, 0.717) is 18.8 Å². The van der Waals surface area contributed by atoms with Crippen molar-refractivity contribution in [2.24, 2.45) is 0 Å². The van der Waals surface area contributed by atoms with E-state index in [1.54, 1.807) is 24.3 Å². The van der Waals surface area contributed by atoms with Gasteiger partial charge in [-0.1, -0.05) is 6.92 Å². The van der Waals surface area contributed by atoms with Gasteiger partial charge in [-0.05, 0) is 74.1 Å². The van der Waals surface area contributed by atoms with Crippen LogP contribution in [-0.4, -0.2) is 24.2 Å². The van der Waals surface area contributed by atoms with Crippen molar-refractivity contribution in [3.05, 3.63) is 54.1 Å². The molecule has 2 rings (SSSR count). The number of amides is 1. The summed E-state index contributed by atoms with van der Waals surface area (Å²) in [7, 11) is 0. The summed E-state index contributed by atoms with van der Waals surface area (Å²) in [5, 5.41) is 5.87. The van der Waals surface area contributed by atoms with E-state index >= 15 is 0 Å². The summed E-state index contributed by atoms with van der Waals surface area (Å²) in [6.07, 6.45) is 0.960. The molecule has 6 heteroatoms. The van der Waals surface area contributed by atoms with Gasteiger partial charge in [-0.25, -0.2) is 0 Å². The molecule has 1 amide bonds. The van der Waals surface area contributed by atoms with Crippen LogP contribution in [0.2, 0.25) is 0 Å². The maximum Gasteiger partial charge on any atom is 0.257 e. The third kappa shape index (κ3) is 6.08. The topological polar surface area (TPSA) is 59.6 Å². The molecule has 0 spiro atoms. The fourth-order valence-electron chi connectivity index (χ4n) is 2.06. The number of thiocarbonyl (C=S) groups is 1. The lowest BCUT2D eigenvalue weighted by atomic mass is 10.2. The Morgan fingerprint density at radius 1 is 0.960 bits per heavy atom. The predicted octanol–water partition coefficient (Wildman–Crippen LogP) is 4.00. The van der Waals surface area contributed by atoms with Gasteiger partial charge in [-0.2, -0.15) is 0 Å². The van der Waals surface area contributed by atoms with Crippen LogP contribution in [0, 0.1) is 0 Å². The summed E-state index contributed by atoms with van der Waals surface area (Å²) in [5.41, 5.74) is 1.29. The van der Waals surface area contributed by atoms with Crippen LogP contribution in [0.25, 0.3) is 0 Å². The molecule has 0 unspecified atom stereocenters. The van der Waals surface area contributed by atoms with Gasteiger partial charge >= 0.3 is 0 Å². The molecule has 0 aliphatic carbocycles. The normalized spacial score (nSPS) is 10.0. The van der Waals surface area contributed by atoms with Gasteiger partial charge in [0.25, 0.3) is 5.91 Å². The Morgan fingerprint density at radius 3 is 2.16 bits per heavy atom. The average molecular weight is 358 g/mol. The van der Waals surface area contributed by atoms with Crippen LogP contribution in [-0.2, 0) is 0 Å². The van der Waals surface area contributed by atoms with Crippen molar-refractivity contribution in [2.45, 2.75) is 20.3 Å². The van der Waals surface area contributed by atoms with Crippen LogP contribution in [0.3, 0.4) is 0 Å². The lowest BCUT2D eigenvalue weighted by molar-refractivity contribution is 0.0977. The minimum Gasteiger partial charge on any atom is -0.494 e. The molecular weight excluding hydrogens is 336 g/mol. The molecule has 0 atom stereocenters. The Kier molecular flexibility index (Phi) is 7.22. The van der Waals surface area contributed by atoms with Crippen molar-refractivity contribution >= 4 is 28.9 Å². The molecular formula is C19H22N2O3S. The van der Waals surface area contributed by atoms with Crippen molar-refractivity contribution in [3.8, 4) is 11.5 Å². The number of ether oxygens (including phenoxy) is 2. The van der Waals surface area contributed by atoms with Crippen molar-refractivity contribution in [3.63, 3.8) is 0 Å². The monoisotopic (exact) mass is 358 g/mol. The van der Waals surface area contributed by atoms with Crippen LogP contribution in [0.5, 0.6) is 11.5 Å². The van der Waals surface area contributed by atoms with Gasteiger partial charge in [0.05, 0.1) is 13.2 Å².